The number of fused-ring (bicyclic) bond motifs is 1. The number of carbonyl (C=O) groups is 1. The molecule has 6 nitrogen and oxygen atoms in total. The smallest absolute Gasteiger partial charge is 0.248 e. The normalized spacial score (nSPS) is 19.8. The molecule has 1 fully saturated rings. The van der Waals surface area contributed by atoms with Crippen LogP contribution in [-0.4, -0.2) is 24.0 Å². The number of ether oxygens (including phenoxy) is 1. The summed E-state index contributed by atoms with van der Waals surface area (Å²) in [6.45, 7) is 3.29. The van der Waals surface area contributed by atoms with E-state index in [0.717, 1.165) is 43.1 Å². The Morgan fingerprint density at radius 2 is 2.00 bits per heavy atom. The standard InChI is InChI=1S/C24H30N4O2/c1-2-26-23(27-16-17-8-7-9-18(14-17)22(25)29)28-20-15-24(12-5-6-13-24)30-21-11-4-3-10-19(20)21/h3-4,7-11,14,20H,2,5-6,12-13,15-16H2,1H3,(H2,25,29)(H2,26,27,28). The molecule has 1 unspecified atom stereocenters. The van der Waals surface area contributed by atoms with Gasteiger partial charge in [-0.1, -0.05) is 30.3 Å². The molecule has 1 saturated carbocycles. The van der Waals surface area contributed by atoms with E-state index in [1.54, 1.807) is 12.1 Å². The summed E-state index contributed by atoms with van der Waals surface area (Å²) in [4.78, 5) is 16.2. The van der Waals surface area contributed by atoms with Gasteiger partial charge in [-0.25, -0.2) is 4.99 Å². The highest BCUT2D eigenvalue weighted by molar-refractivity contribution is 5.92. The van der Waals surface area contributed by atoms with Crippen molar-refractivity contribution in [3.05, 3.63) is 65.2 Å². The average Bonchev–Trinajstić information content (AvgIpc) is 3.19. The first-order valence-electron chi connectivity index (χ1n) is 10.8. The van der Waals surface area contributed by atoms with Gasteiger partial charge in [-0.2, -0.15) is 0 Å². The minimum absolute atomic E-state index is 0.0703. The summed E-state index contributed by atoms with van der Waals surface area (Å²) in [6.07, 6.45) is 5.59. The highest BCUT2D eigenvalue weighted by Crippen LogP contribution is 2.46. The van der Waals surface area contributed by atoms with Crippen molar-refractivity contribution in [3.8, 4) is 5.75 Å². The molecule has 158 valence electrons. The lowest BCUT2D eigenvalue weighted by Crippen LogP contribution is -2.46. The summed E-state index contributed by atoms with van der Waals surface area (Å²) in [5, 5.41) is 6.99. The lowest BCUT2D eigenvalue weighted by Gasteiger charge is -2.40. The first-order chi connectivity index (χ1) is 14.6. The molecule has 2 aliphatic rings. The van der Waals surface area contributed by atoms with Crippen LogP contribution in [0, 0.1) is 0 Å². The van der Waals surface area contributed by atoms with Crippen LogP contribution in [-0.2, 0) is 6.54 Å². The monoisotopic (exact) mass is 406 g/mol. The highest BCUT2D eigenvalue weighted by Gasteiger charge is 2.43. The number of hydrogen-bond donors (Lipinski definition) is 3. The van der Waals surface area contributed by atoms with E-state index in [9.17, 15) is 4.79 Å². The number of aliphatic imine (C=N–C) groups is 1. The summed E-state index contributed by atoms with van der Waals surface area (Å²) in [6, 6.07) is 15.8. The SMILES string of the molecule is CCNC(=NCc1cccc(C(N)=O)c1)NC1CC2(CCCC2)Oc2ccccc21. The van der Waals surface area contributed by atoms with Crippen molar-refractivity contribution in [1.82, 2.24) is 10.6 Å². The Morgan fingerprint density at radius 3 is 2.77 bits per heavy atom. The van der Waals surface area contributed by atoms with E-state index < -0.39 is 5.91 Å². The largest absolute Gasteiger partial charge is 0.487 e. The van der Waals surface area contributed by atoms with E-state index in [1.165, 1.54) is 18.4 Å². The number of nitrogens with zero attached hydrogens (tertiary/aromatic N) is 1. The second kappa shape index (κ2) is 8.78. The maximum absolute atomic E-state index is 11.4. The number of carbonyl (C=O) groups excluding carboxylic acids is 1. The van der Waals surface area contributed by atoms with Crippen LogP contribution in [0.5, 0.6) is 5.75 Å². The summed E-state index contributed by atoms with van der Waals surface area (Å²) in [7, 11) is 0. The third-order valence-electron chi connectivity index (χ3n) is 6.00. The number of primary amides is 1. The fourth-order valence-electron chi connectivity index (χ4n) is 4.55. The molecule has 2 aromatic rings. The third-order valence-corrected chi connectivity index (χ3v) is 6.00. The Hall–Kier alpha value is -3.02. The summed E-state index contributed by atoms with van der Waals surface area (Å²) in [5.41, 5.74) is 7.96. The molecular weight excluding hydrogens is 376 g/mol. The molecule has 1 amide bonds. The minimum Gasteiger partial charge on any atom is -0.487 e. The predicted molar refractivity (Wildman–Crippen MR) is 119 cm³/mol. The molecule has 2 aromatic carbocycles. The Balaban J connectivity index is 1.55. The molecule has 1 spiro atoms. The van der Waals surface area contributed by atoms with E-state index in [4.69, 9.17) is 15.5 Å². The number of nitrogens with one attached hydrogen (secondary N) is 2. The van der Waals surface area contributed by atoms with E-state index in [2.05, 4.69) is 35.8 Å². The number of rotatable bonds is 5. The topological polar surface area (TPSA) is 88.7 Å². The summed E-state index contributed by atoms with van der Waals surface area (Å²) >= 11 is 0. The van der Waals surface area contributed by atoms with Crippen molar-refractivity contribution in [3.63, 3.8) is 0 Å². The second-order valence-electron chi connectivity index (χ2n) is 8.19. The van der Waals surface area contributed by atoms with E-state index in [1.807, 2.05) is 18.2 Å². The molecule has 0 bridgehead atoms. The molecule has 0 saturated heterocycles. The number of guanidine groups is 1. The fourth-order valence-corrected chi connectivity index (χ4v) is 4.55. The van der Waals surface area contributed by atoms with Crippen molar-refractivity contribution in [2.24, 2.45) is 10.7 Å². The Kier molecular flexibility index (Phi) is 5.93. The molecule has 1 atom stereocenters. The first-order valence-corrected chi connectivity index (χ1v) is 10.8. The van der Waals surface area contributed by atoms with Crippen LogP contribution in [0.1, 0.15) is 66.6 Å². The van der Waals surface area contributed by atoms with E-state index in [-0.39, 0.29) is 11.6 Å². The Bertz CT molecular complexity index is 934. The van der Waals surface area contributed by atoms with Crippen molar-refractivity contribution in [2.75, 3.05) is 6.54 Å². The van der Waals surface area contributed by atoms with Crippen LogP contribution in [0.2, 0.25) is 0 Å². The van der Waals surface area contributed by atoms with Gasteiger partial charge in [-0.15, -0.1) is 0 Å². The minimum atomic E-state index is -0.425. The zero-order valence-corrected chi connectivity index (χ0v) is 17.5. The summed E-state index contributed by atoms with van der Waals surface area (Å²) in [5.74, 6) is 1.32. The third kappa shape index (κ3) is 4.42. The molecule has 1 aliphatic heterocycles. The van der Waals surface area contributed by atoms with Crippen LogP contribution in [0.15, 0.2) is 53.5 Å². The van der Waals surface area contributed by atoms with Gasteiger partial charge < -0.3 is 21.1 Å². The van der Waals surface area contributed by atoms with Gasteiger partial charge in [-0.05, 0) is 56.4 Å². The summed E-state index contributed by atoms with van der Waals surface area (Å²) < 4.78 is 6.47. The highest BCUT2D eigenvalue weighted by atomic mass is 16.5. The van der Waals surface area contributed by atoms with E-state index in [0.29, 0.717) is 12.1 Å². The fraction of sp³-hybridized carbons (Fsp3) is 0.417. The van der Waals surface area contributed by atoms with Gasteiger partial charge >= 0.3 is 0 Å². The zero-order chi connectivity index (χ0) is 21.0. The van der Waals surface area contributed by atoms with Crippen molar-refractivity contribution in [1.29, 1.82) is 0 Å². The van der Waals surface area contributed by atoms with Crippen molar-refractivity contribution >= 4 is 11.9 Å². The Labute approximate surface area is 177 Å². The first kappa shape index (κ1) is 20.3. The van der Waals surface area contributed by atoms with E-state index >= 15 is 0 Å². The number of benzene rings is 2. The molecule has 30 heavy (non-hydrogen) atoms. The van der Waals surface area contributed by atoms with Gasteiger partial charge in [0.05, 0.1) is 12.6 Å². The molecule has 1 aliphatic carbocycles. The van der Waals surface area contributed by atoms with Crippen molar-refractivity contribution in [2.45, 2.75) is 57.2 Å². The predicted octanol–water partition coefficient (Wildman–Crippen LogP) is 3.68. The van der Waals surface area contributed by atoms with Crippen LogP contribution < -0.4 is 21.1 Å². The molecule has 4 N–H and O–H groups in total. The van der Waals surface area contributed by atoms with Crippen molar-refractivity contribution < 1.29 is 9.53 Å². The average molecular weight is 407 g/mol. The quantitative estimate of drug-likeness (QED) is 0.522. The van der Waals surface area contributed by atoms with Crippen LogP contribution in [0.3, 0.4) is 0 Å². The number of hydrogen-bond acceptors (Lipinski definition) is 3. The van der Waals surface area contributed by atoms with Crippen LogP contribution in [0.4, 0.5) is 0 Å². The molecule has 1 heterocycles. The van der Waals surface area contributed by atoms with Gasteiger partial charge in [0, 0.05) is 24.1 Å². The number of amides is 1. The van der Waals surface area contributed by atoms with Gasteiger partial charge in [0.15, 0.2) is 5.96 Å². The van der Waals surface area contributed by atoms with Gasteiger partial charge in [0.1, 0.15) is 11.4 Å². The number of nitrogens with two attached hydrogens (primary N) is 1. The lowest BCUT2D eigenvalue weighted by atomic mass is 9.86. The molecule has 4 rings (SSSR count). The molecule has 0 aromatic heterocycles. The molecule has 0 radical (unpaired) electrons. The van der Waals surface area contributed by atoms with Gasteiger partial charge in [-0.3, -0.25) is 4.79 Å². The second-order valence-corrected chi connectivity index (χ2v) is 8.19. The molecule has 6 heteroatoms. The maximum atomic E-state index is 11.4. The van der Waals surface area contributed by atoms with Crippen LogP contribution >= 0.6 is 0 Å². The van der Waals surface area contributed by atoms with Crippen LogP contribution in [0.25, 0.3) is 0 Å². The van der Waals surface area contributed by atoms with Gasteiger partial charge in [0.25, 0.3) is 0 Å². The maximum Gasteiger partial charge on any atom is 0.248 e. The zero-order valence-electron chi connectivity index (χ0n) is 17.5. The lowest BCUT2D eigenvalue weighted by molar-refractivity contribution is 0.0396. The number of para-hydroxylation sites is 1. The molecular formula is C24H30N4O2. The Morgan fingerprint density at radius 1 is 1.20 bits per heavy atom. The van der Waals surface area contributed by atoms with Gasteiger partial charge in [0.2, 0.25) is 5.91 Å².